The number of hydrogen-bond acceptors (Lipinski definition) is 6. The van der Waals surface area contributed by atoms with E-state index in [4.69, 9.17) is 13.3 Å². The van der Waals surface area contributed by atoms with E-state index in [1.54, 1.807) is 21.3 Å². The van der Waals surface area contributed by atoms with Crippen LogP contribution in [0, 0.1) is 0 Å². The van der Waals surface area contributed by atoms with Crippen molar-refractivity contribution in [3.63, 3.8) is 0 Å². The van der Waals surface area contributed by atoms with Crippen molar-refractivity contribution in [2.45, 2.75) is 24.7 Å². The molecule has 0 amide bonds. The van der Waals surface area contributed by atoms with E-state index in [-0.39, 0.29) is 0 Å². The predicted molar refractivity (Wildman–Crippen MR) is 81.6 cm³/mol. The van der Waals surface area contributed by atoms with Gasteiger partial charge in [0.1, 0.15) is 11.0 Å². The van der Waals surface area contributed by atoms with Crippen molar-refractivity contribution in [3.05, 3.63) is 11.6 Å². The average Bonchev–Trinajstić information content (AvgIpc) is 2.94. The largest absolute Gasteiger partial charge is 0.536 e. The Balaban J connectivity index is 2.75. The summed E-state index contributed by atoms with van der Waals surface area (Å²) in [7, 11) is 1.86. The van der Waals surface area contributed by atoms with Gasteiger partial charge in [-0.3, -0.25) is 0 Å². The molecule has 1 N–H and O–H groups in total. The van der Waals surface area contributed by atoms with Gasteiger partial charge in [0.05, 0.1) is 0 Å². The molecule has 0 atom stereocenters. The molecule has 0 unspecified atom stereocenters. The van der Waals surface area contributed by atoms with Crippen molar-refractivity contribution in [2.24, 2.45) is 0 Å². The quantitative estimate of drug-likeness (QED) is 0.621. The minimum absolute atomic E-state index is 0.730. The summed E-state index contributed by atoms with van der Waals surface area (Å²) < 4.78 is 16.8. The minimum atomic E-state index is -2.93. The van der Waals surface area contributed by atoms with Gasteiger partial charge in [-0.1, -0.05) is 13.3 Å². The van der Waals surface area contributed by atoms with E-state index in [9.17, 15) is 0 Å². The third kappa shape index (κ3) is 2.38. The van der Waals surface area contributed by atoms with E-state index in [0.717, 1.165) is 39.5 Å². The second kappa shape index (κ2) is 6.23. The van der Waals surface area contributed by atoms with Crippen LogP contribution in [0.1, 0.15) is 18.9 Å². The zero-order valence-electron chi connectivity index (χ0n) is 12.1. The molecule has 1 heterocycles. The first kappa shape index (κ1) is 15.5. The summed E-state index contributed by atoms with van der Waals surface area (Å²) in [5.74, 6) is 0. The van der Waals surface area contributed by atoms with Gasteiger partial charge in [-0.25, -0.2) is 0 Å². The third-order valence-corrected chi connectivity index (χ3v) is 6.53. The number of fused-ring (bicyclic) bond motifs is 1. The summed E-state index contributed by atoms with van der Waals surface area (Å²) in [6.07, 6.45) is 1.83. The zero-order chi connectivity index (χ0) is 14.8. The first-order valence-electron chi connectivity index (χ1n) is 6.34. The number of rotatable bonds is 6. The Morgan fingerprint density at radius 3 is 2.40 bits per heavy atom. The average molecular weight is 313 g/mol. The standard InChI is InChI=1S/C12H19N3O3SSi/c1-5-6-8-10(20(16-2,17-3)18-4)7-9-11(12(8)19)14-15-13-9/h7,19H,5-6H2,1-4H3,(H,13,14,15). The van der Waals surface area contributed by atoms with Gasteiger partial charge >= 0.3 is 8.80 Å². The Kier molecular flexibility index (Phi) is 4.81. The van der Waals surface area contributed by atoms with Crippen LogP contribution in [-0.4, -0.2) is 45.5 Å². The van der Waals surface area contributed by atoms with Crippen molar-refractivity contribution < 1.29 is 13.3 Å². The third-order valence-electron chi connectivity index (χ3n) is 3.33. The van der Waals surface area contributed by atoms with Crippen molar-refractivity contribution >= 4 is 37.7 Å². The molecule has 0 bridgehead atoms. The molecular weight excluding hydrogens is 294 g/mol. The summed E-state index contributed by atoms with van der Waals surface area (Å²) in [6, 6.07) is 1.92. The maximum atomic E-state index is 5.59. The predicted octanol–water partition coefficient (Wildman–Crippen LogP) is 1.28. The van der Waals surface area contributed by atoms with Crippen molar-refractivity contribution in [1.82, 2.24) is 15.4 Å². The van der Waals surface area contributed by atoms with Crippen LogP contribution in [0.15, 0.2) is 11.0 Å². The lowest BCUT2D eigenvalue weighted by atomic mass is 10.1. The minimum Gasteiger partial charge on any atom is -0.373 e. The fourth-order valence-corrected chi connectivity index (χ4v) is 4.96. The molecule has 1 aromatic carbocycles. The number of nitrogens with one attached hydrogen (secondary N) is 1. The highest BCUT2D eigenvalue weighted by Crippen LogP contribution is 2.25. The highest BCUT2D eigenvalue weighted by atomic mass is 32.1. The zero-order valence-corrected chi connectivity index (χ0v) is 14.0. The highest BCUT2D eigenvalue weighted by Gasteiger charge is 2.43. The summed E-state index contributed by atoms with van der Waals surface area (Å²) in [5, 5.41) is 11.8. The summed E-state index contributed by atoms with van der Waals surface area (Å²) in [5.41, 5.74) is 2.54. The fourth-order valence-electron chi connectivity index (χ4n) is 2.36. The SMILES string of the molecule is CCCc1c([Si](OC)(OC)OC)cc2n[nH]nc2c1S. The lowest BCUT2D eigenvalue weighted by Crippen LogP contribution is -2.56. The van der Waals surface area contributed by atoms with Gasteiger partial charge in [-0.15, -0.1) is 12.6 Å². The topological polar surface area (TPSA) is 69.3 Å². The summed E-state index contributed by atoms with van der Waals surface area (Å²) in [6.45, 7) is 2.11. The Labute approximate surface area is 124 Å². The van der Waals surface area contributed by atoms with Crippen LogP contribution in [-0.2, 0) is 19.7 Å². The second-order valence-electron chi connectivity index (χ2n) is 4.36. The molecule has 8 heteroatoms. The molecule has 0 radical (unpaired) electrons. The monoisotopic (exact) mass is 313 g/mol. The Hall–Kier alpha value is -0.933. The van der Waals surface area contributed by atoms with Crippen LogP contribution in [0.5, 0.6) is 0 Å². The van der Waals surface area contributed by atoms with Gasteiger partial charge in [0.2, 0.25) is 0 Å². The van der Waals surface area contributed by atoms with Crippen LogP contribution in [0.2, 0.25) is 0 Å². The maximum Gasteiger partial charge on any atom is 0.536 e. The Morgan fingerprint density at radius 1 is 1.20 bits per heavy atom. The smallest absolute Gasteiger partial charge is 0.373 e. The molecular formula is C12H19N3O3SSi. The molecule has 20 heavy (non-hydrogen) atoms. The van der Waals surface area contributed by atoms with E-state index in [0.29, 0.717) is 0 Å². The van der Waals surface area contributed by atoms with Crippen LogP contribution in [0.4, 0.5) is 0 Å². The van der Waals surface area contributed by atoms with E-state index < -0.39 is 8.80 Å². The van der Waals surface area contributed by atoms with Crippen LogP contribution in [0.3, 0.4) is 0 Å². The number of thiol groups is 1. The van der Waals surface area contributed by atoms with Gasteiger partial charge in [0.25, 0.3) is 0 Å². The van der Waals surface area contributed by atoms with Gasteiger partial charge in [0.15, 0.2) is 0 Å². The summed E-state index contributed by atoms with van der Waals surface area (Å²) >= 11 is 4.62. The van der Waals surface area contributed by atoms with E-state index in [1.807, 2.05) is 6.07 Å². The van der Waals surface area contributed by atoms with E-state index in [1.165, 1.54) is 0 Å². The van der Waals surface area contributed by atoms with Crippen LogP contribution in [0.25, 0.3) is 11.0 Å². The molecule has 0 spiro atoms. The number of aromatic amines is 1. The van der Waals surface area contributed by atoms with Crippen molar-refractivity contribution in [3.8, 4) is 0 Å². The van der Waals surface area contributed by atoms with E-state index in [2.05, 4.69) is 35.0 Å². The maximum absolute atomic E-state index is 5.59. The van der Waals surface area contributed by atoms with Crippen molar-refractivity contribution in [2.75, 3.05) is 21.3 Å². The molecule has 0 aliphatic heterocycles. The lowest BCUT2D eigenvalue weighted by molar-refractivity contribution is 0.140. The van der Waals surface area contributed by atoms with Crippen LogP contribution >= 0.6 is 12.6 Å². The molecule has 0 fully saturated rings. The summed E-state index contributed by atoms with van der Waals surface area (Å²) in [4.78, 5) is 0.802. The molecule has 2 aromatic rings. The first-order valence-corrected chi connectivity index (χ1v) is 8.52. The van der Waals surface area contributed by atoms with Gasteiger partial charge < -0.3 is 13.3 Å². The molecule has 6 nitrogen and oxygen atoms in total. The highest BCUT2D eigenvalue weighted by molar-refractivity contribution is 7.80. The molecule has 0 aliphatic carbocycles. The first-order chi connectivity index (χ1) is 9.63. The lowest BCUT2D eigenvalue weighted by Gasteiger charge is -2.27. The second-order valence-corrected chi connectivity index (χ2v) is 7.68. The van der Waals surface area contributed by atoms with Gasteiger partial charge in [-0.05, 0) is 18.1 Å². The number of H-pyrrole nitrogens is 1. The molecule has 2 rings (SSSR count). The number of benzene rings is 1. The molecule has 0 saturated carbocycles. The number of aromatic nitrogens is 3. The molecule has 1 aromatic heterocycles. The van der Waals surface area contributed by atoms with Crippen molar-refractivity contribution in [1.29, 1.82) is 0 Å². The molecule has 0 saturated heterocycles. The van der Waals surface area contributed by atoms with Gasteiger partial charge in [0, 0.05) is 31.4 Å². The fraction of sp³-hybridized carbons (Fsp3) is 0.500. The molecule has 110 valence electrons. The Bertz CT molecular complexity index is 593. The molecule has 0 aliphatic rings. The normalized spacial score (nSPS) is 12.2. The number of nitrogens with zero attached hydrogens (tertiary/aromatic N) is 2. The Morgan fingerprint density at radius 2 is 1.85 bits per heavy atom. The van der Waals surface area contributed by atoms with E-state index >= 15 is 0 Å². The number of hydrogen-bond donors (Lipinski definition) is 2. The van der Waals surface area contributed by atoms with Gasteiger partial charge in [-0.2, -0.15) is 15.4 Å². The van der Waals surface area contributed by atoms with Crippen LogP contribution < -0.4 is 5.19 Å².